The lowest BCUT2D eigenvalue weighted by Gasteiger charge is -2.16. The molecule has 0 saturated carbocycles. The Bertz CT molecular complexity index is 763. The number of amides is 1. The Balaban J connectivity index is 2.36. The maximum atomic E-state index is 12.0. The van der Waals surface area contributed by atoms with E-state index in [0.29, 0.717) is 0 Å². The average molecular weight is 364 g/mol. The van der Waals surface area contributed by atoms with E-state index in [1.54, 1.807) is 0 Å². The number of carbonyl (C=O) groups excluding carboxylic acids is 1. The van der Waals surface area contributed by atoms with E-state index < -0.39 is 47.9 Å². The number of non-ortho nitro benzene ring substituents is 2. The van der Waals surface area contributed by atoms with E-state index in [4.69, 9.17) is 10.7 Å². The van der Waals surface area contributed by atoms with Crippen LogP contribution in [0.25, 0.3) is 0 Å². The number of nitrogens with zero attached hydrogens (tertiary/aromatic N) is 3. The average Bonchev–Trinajstić information content (AvgIpc) is 2.76. The number of carbonyl (C=O) groups is 1. The number of benzene rings is 1. The maximum absolute atomic E-state index is 12.0. The van der Waals surface area contributed by atoms with E-state index in [2.05, 4.69) is 0 Å². The SMILES string of the molecule is O=C1CC(CS(=O)(=O)Cl)CN1c1cc([N+](=O)[O-])cc([N+](=O)[O-])c1. The van der Waals surface area contributed by atoms with Gasteiger partial charge < -0.3 is 4.90 Å². The van der Waals surface area contributed by atoms with Gasteiger partial charge in [0.1, 0.15) is 0 Å². The molecule has 0 N–H and O–H groups in total. The predicted octanol–water partition coefficient (Wildman–Crippen LogP) is 1.42. The van der Waals surface area contributed by atoms with Crippen LogP contribution in [0, 0.1) is 26.1 Å². The molecule has 1 aromatic carbocycles. The zero-order chi connectivity index (χ0) is 17.4. The van der Waals surface area contributed by atoms with Gasteiger partial charge in [0.15, 0.2) is 0 Å². The minimum Gasteiger partial charge on any atom is -0.312 e. The fraction of sp³-hybridized carbons (Fsp3) is 0.364. The minimum absolute atomic E-state index is 0.0228. The first-order valence-corrected chi connectivity index (χ1v) is 8.71. The predicted molar refractivity (Wildman–Crippen MR) is 79.9 cm³/mol. The number of halogens is 1. The molecule has 1 saturated heterocycles. The first-order valence-electron chi connectivity index (χ1n) is 6.23. The van der Waals surface area contributed by atoms with Crippen molar-refractivity contribution in [2.24, 2.45) is 5.92 Å². The van der Waals surface area contributed by atoms with Crippen LogP contribution in [0.5, 0.6) is 0 Å². The van der Waals surface area contributed by atoms with Gasteiger partial charge in [-0.2, -0.15) is 0 Å². The number of nitro benzene ring substituents is 2. The van der Waals surface area contributed by atoms with Crippen LogP contribution in [0.2, 0.25) is 0 Å². The fourth-order valence-electron chi connectivity index (χ4n) is 2.37. The van der Waals surface area contributed by atoms with Crippen LogP contribution in [-0.4, -0.2) is 36.5 Å². The van der Waals surface area contributed by atoms with Crippen LogP contribution in [0.4, 0.5) is 17.1 Å². The molecule has 1 heterocycles. The molecule has 1 amide bonds. The number of nitro groups is 2. The zero-order valence-electron chi connectivity index (χ0n) is 11.4. The van der Waals surface area contributed by atoms with E-state index in [0.717, 1.165) is 23.1 Å². The van der Waals surface area contributed by atoms with Crippen molar-refractivity contribution >= 4 is 42.7 Å². The molecule has 0 bridgehead atoms. The summed E-state index contributed by atoms with van der Waals surface area (Å²) in [6.45, 7) is -0.0386. The molecule has 1 aromatic rings. The lowest BCUT2D eigenvalue weighted by molar-refractivity contribution is -0.394. The Morgan fingerprint density at radius 2 is 1.70 bits per heavy atom. The summed E-state index contributed by atoms with van der Waals surface area (Å²) in [5.74, 6) is -1.48. The first kappa shape index (κ1) is 17.1. The summed E-state index contributed by atoms with van der Waals surface area (Å²) >= 11 is 0. The lowest BCUT2D eigenvalue weighted by atomic mass is 10.1. The van der Waals surface area contributed by atoms with Crippen molar-refractivity contribution < 1.29 is 23.1 Å². The van der Waals surface area contributed by atoms with Crippen molar-refractivity contribution in [1.82, 2.24) is 0 Å². The van der Waals surface area contributed by atoms with Crippen LogP contribution < -0.4 is 4.90 Å². The Kier molecular flexibility index (Phi) is 4.52. The number of hydrogen-bond acceptors (Lipinski definition) is 7. The van der Waals surface area contributed by atoms with E-state index >= 15 is 0 Å². The normalized spacial score (nSPS) is 18.2. The molecule has 0 aliphatic carbocycles. The topological polar surface area (TPSA) is 141 Å². The standard InChI is InChI=1S/C11H10ClN3O7S/c12-23(21,22)6-7-1-11(16)13(5-7)8-2-9(14(17)18)4-10(3-8)15(19)20/h2-4,7H,1,5-6H2. The lowest BCUT2D eigenvalue weighted by Crippen LogP contribution is -2.25. The van der Waals surface area contributed by atoms with Crippen LogP contribution in [0.3, 0.4) is 0 Å². The highest BCUT2D eigenvalue weighted by Crippen LogP contribution is 2.32. The molecule has 0 spiro atoms. The van der Waals surface area contributed by atoms with E-state index in [9.17, 15) is 33.4 Å². The Labute approximate surface area is 134 Å². The smallest absolute Gasteiger partial charge is 0.278 e. The van der Waals surface area contributed by atoms with E-state index in [1.165, 1.54) is 0 Å². The Morgan fingerprint density at radius 3 is 2.13 bits per heavy atom. The molecule has 12 heteroatoms. The van der Waals surface area contributed by atoms with E-state index in [-0.39, 0.29) is 18.7 Å². The molecule has 0 radical (unpaired) electrons. The summed E-state index contributed by atoms with van der Waals surface area (Å²) in [5.41, 5.74) is -1.09. The third-order valence-corrected chi connectivity index (χ3v) is 4.51. The van der Waals surface area contributed by atoms with Gasteiger partial charge in [-0.1, -0.05) is 0 Å². The second-order valence-corrected chi connectivity index (χ2v) is 7.82. The summed E-state index contributed by atoms with van der Waals surface area (Å²) in [7, 11) is 1.35. The molecular weight excluding hydrogens is 354 g/mol. The van der Waals surface area contributed by atoms with Crippen molar-refractivity contribution in [3.05, 3.63) is 38.4 Å². The van der Waals surface area contributed by atoms with Gasteiger partial charge in [0, 0.05) is 41.7 Å². The van der Waals surface area contributed by atoms with Crippen LogP contribution in [-0.2, 0) is 13.8 Å². The zero-order valence-corrected chi connectivity index (χ0v) is 13.0. The molecule has 1 fully saturated rings. The van der Waals surface area contributed by atoms with Gasteiger partial charge in [-0.05, 0) is 0 Å². The van der Waals surface area contributed by atoms with Crippen LogP contribution in [0.1, 0.15) is 6.42 Å². The van der Waals surface area contributed by atoms with Crippen molar-refractivity contribution in [3.63, 3.8) is 0 Å². The summed E-state index contributed by atoms with van der Waals surface area (Å²) < 4.78 is 22.2. The Hall–Kier alpha value is -2.27. The molecule has 1 aliphatic heterocycles. The van der Waals surface area contributed by atoms with Gasteiger partial charge in [-0.15, -0.1) is 0 Å². The Morgan fingerprint density at radius 1 is 1.17 bits per heavy atom. The first-order chi connectivity index (χ1) is 10.6. The van der Waals surface area contributed by atoms with Crippen molar-refractivity contribution in [2.75, 3.05) is 17.2 Å². The van der Waals surface area contributed by atoms with E-state index in [1.807, 2.05) is 0 Å². The number of rotatable bonds is 5. The molecule has 2 rings (SSSR count). The summed E-state index contributed by atoms with van der Waals surface area (Å²) in [4.78, 5) is 33.2. The van der Waals surface area contributed by atoms with Gasteiger partial charge in [-0.25, -0.2) is 8.42 Å². The molecule has 23 heavy (non-hydrogen) atoms. The van der Waals surface area contributed by atoms with Gasteiger partial charge in [-0.3, -0.25) is 25.0 Å². The van der Waals surface area contributed by atoms with Crippen molar-refractivity contribution in [3.8, 4) is 0 Å². The molecular formula is C11H10ClN3O7S. The third-order valence-electron chi connectivity index (χ3n) is 3.26. The van der Waals surface area contributed by atoms with Crippen LogP contribution >= 0.6 is 10.7 Å². The minimum atomic E-state index is -3.80. The van der Waals surface area contributed by atoms with Gasteiger partial charge in [0.25, 0.3) is 11.4 Å². The summed E-state index contributed by atoms with van der Waals surface area (Å²) in [5, 5.41) is 21.7. The highest BCUT2D eigenvalue weighted by Gasteiger charge is 2.34. The third kappa shape index (κ3) is 4.13. The second-order valence-electron chi connectivity index (χ2n) is 5.00. The van der Waals surface area contributed by atoms with Crippen molar-refractivity contribution in [1.29, 1.82) is 0 Å². The highest BCUT2D eigenvalue weighted by molar-refractivity contribution is 8.13. The molecule has 1 aliphatic rings. The quantitative estimate of drug-likeness (QED) is 0.437. The van der Waals surface area contributed by atoms with Gasteiger partial charge in [0.2, 0.25) is 15.0 Å². The monoisotopic (exact) mass is 363 g/mol. The number of hydrogen-bond donors (Lipinski definition) is 0. The molecule has 0 aromatic heterocycles. The fourth-order valence-corrected chi connectivity index (χ4v) is 3.69. The summed E-state index contributed by atoms with van der Waals surface area (Å²) in [6, 6.07) is 2.84. The highest BCUT2D eigenvalue weighted by atomic mass is 35.7. The maximum Gasteiger partial charge on any atom is 0.278 e. The van der Waals surface area contributed by atoms with Gasteiger partial charge in [0.05, 0.1) is 27.4 Å². The summed E-state index contributed by atoms with van der Waals surface area (Å²) in [6.07, 6.45) is -0.109. The molecule has 1 unspecified atom stereocenters. The van der Waals surface area contributed by atoms with Gasteiger partial charge >= 0.3 is 0 Å². The molecule has 124 valence electrons. The van der Waals surface area contributed by atoms with Crippen LogP contribution in [0.15, 0.2) is 18.2 Å². The number of anilines is 1. The largest absolute Gasteiger partial charge is 0.312 e. The van der Waals surface area contributed by atoms with Crippen molar-refractivity contribution in [2.45, 2.75) is 6.42 Å². The molecule has 10 nitrogen and oxygen atoms in total. The second kappa shape index (κ2) is 6.08. The molecule has 1 atom stereocenters.